The number of carbonyl (C=O) groups excluding carboxylic acids is 1. The van der Waals surface area contributed by atoms with E-state index in [1.807, 2.05) is 66.3 Å². The Morgan fingerprint density at radius 1 is 1.03 bits per heavy atom. The molecule has 2 aromatic carbocycles. The van der Waals surface area contributed by atoms with Gasteiger partial charge in [0.1, 0.15) is 11.9 Å². The highest BCUT2D eigenvalue weighted by Crippen LogP contribution is 2.25. The molecular weight excluding hydrogens is 445 g/mol. The smallest absolute Gasteiger partial charge is 0.220 e. The first kappa shape index (κ1) is 22.1. The van der Waals surface area contributed by atoms with E-state index < -0.39 is 0 Å². The average molecular weight is 468 g/mol. The molecule has 0 radical (unpaired) electrons. The number of hydrogen-bond donors (Lipinski definition) is 2. The van der Waals surface area contributed by atoms with E-state index in [0.29, 0.717) is 29.4 Å². The summed E-state index contributed by atoms with van der Waals surface area (Å²) in [7, 11) is 1.91. The summed E-state index contributed by atoms with van der Waals surface area (Å²) in [6, 6.07) is 14.7. The maximum atomic E-state index is 12.7. The van der Waals surface area contributed by atoms with E-state index in [1.165, 1.54) is 0 Å². The lowest BCUT2D eigenvalue weighted by atomic mass is 10.1. The lowest BCUT2D eigenvalue weighted by molar-refractivity contribution is -0.121. The Hall–Kier alpha value is -3.09. The maximum absolute atomic E-state index is 12.7. The summed E-state index contributed by atoms with van der Waals surface area (Å²) < 4.78 is 1.90. The SMILES string of the molecule is Cn1ccnc1[C@H](NC(=O)CCCNc1ccnc2cc(Cl)ccc12)c1ccc(Cl)cc1. The molecule has 2 heterocycles. The molecule has 0 spiro atoms. The molecule has 1 atom stereocenters. The van der Waals surface area contributed by atoms with Crippen molar-refractivity contribution in [1.29, 1.82) is 0 Å². The van der Waals surface area contributed by atoms with Gasteiger partial charge in [0.25, 0.3) is 0 Å². The van der Waals surface area contributed by atoms with E-state index in [-0.39, 0.29) is 11.9 Å². The molecule has 0 saturated heterocycles. The zero-order valence-electron chi connectivity index (χ0n) is 17.6. The van der Waals surface area contributed by atoms with Crippen molar-refractivity contribution >= 4 is 45.7 Å². The van der Waals surface area contributed by atoms with Crippen molar-refractivity contribution in [3.8, 4) is 0 Å². The highest BCUT2D eigenvalue weighted by Gasteiger charge is 2.20. The van der Waals surface area contributed by atoms with Gasteiger partial charge in [-0.05, 0) is 48.4 Å². The van der Waals surface area contributed by atoms with Crippen molar-refractivity contribution in [3.63, 3.8) is 0 Å². The molecule has 0 fully saturated rings. The summed E-state index contributed by atoms with van der Waals surface area (Å²) in [6.45, 7) is 0.656. The number of aryl methyl sites for hydroxylation is 1. The Balaban J connectivity index is 1.37. The van der Waals surface area contributed by atoms with Gasteiger partial charge in [0.05, 0.1) is 5.52 Å². The molecular formula is C24H23Cl2N5O. The summed E-state index contributed by atoms with van der Waals surface area (Å²) in [5, 5.41) is 8.81. The second kappa shape index (κ2) is 10.0. The molecule has 8 heteroatoms. The predicted molar refractivity (Wildman–Crippen MR) is 129 cm³/mol. The van der Waals surface area contributed by atoms with Gasteiger partial charge in [-0.1, -0.05) is 35.3 Å². The van der Waals surface area contributed by atoms with Crippen LogP contribution < -0.4 is 10.6 Å². The lowest BCUT2D eigenvalue weighted by Gasteiger charge is -2.19. The summed E-state index contributed by atoms with van der Waals surface area (Å²) in [5.41, 5.74) is 2.73. The van der Waals surface area contributed by atoms with Gasteiger partial charge in [0.2, 0.25) is 5.91 Å². The van der Waals surface area contributed by atoms with Crippen LogP contribution >= 0.6 is 23.2 Å². The van der Waals surface area contributed by atoms with Crippen molar-refractivity contribution in [2.75, 3.05) is 11.9 Å². The third-order valence-corrected chi connectivity index (χ3v) is 5.71. The number of nitrogens with one attached hydrogen (secondary N) is 2. The van der Waals surface area contributed by atoms with E-state index in [2.05, 4.69) is 20.6 Å². The van der Waals surface area contributed by atoms with Crippen molar-refractivity contribution < 1.29 is 4.79 Å². The molecule has 0 unspecified atom stereocenters. The second-order valence-electron chi connectivity index (χ2n) is 7.50. The first-order valence-electron chi connectivity index (χ1n) is 10.3. The highest BCUT2D eigenvalue weighted by atomic mass is 35.5. The van der Waals surface area contributed by atoms with Crippen LogP contribution in [-0.4, -0.2) is 27.0 Å². The average Bonchev–Trinajstić information content (AvgIpc) is 3.21. The largest absolute Gasteiger partial charge is 0.384 e. The Kier molecular flexibility index (Phi) is 6.93. The molecule has 164 valence electrons. The zero-order valence-corrected chi connectivity index (χ0v) is 19.1. The van der Waals surface area contributed by atoms with Gasteiger partial charge in [-0.2, -0.15) is 0 Å². The third-order valence-electron chi connectivity index (χ3n) is 5.23. The number of benzene rings is 2. The second-order valence-corrected chi connectivity index (χ2v) is 8.37. The molecule has 2 N–H and O–H groups in total. The molecule has 1 amide bonds. The standard InChI is InChI=1S/C24H23Cl2N5O/c1-31-14-13-29-24(31)23(16-4-6-17(25)7-5-16)30-22(32)3-2-11-27-20-10-12-28-21-15-18(26)8-9-19(20)21/h4-10,12-15,23H,2-3,11H2,1H3,(H,27,28)(H,30,32)/t23-/m1/s1. The molecule has 4 rings (SSSR count). The first-order chi connectivity index (χ1) is 15.5. The molecule has 0 aliphatic carbocycles. The van der Waals surface area contributed by atoms with Crippen molar-refractivity contribution in [2.24, 2.45) is 7.05 Å². The van der Waals surface area contributed by atoms with E-state index in [0.717, 1.165) is 28.0 Å². The van der Waals surface area contributed by atoms with Crippen LogP contribution in [0.1, 0.15) is 30.3 Å². The number of amides is 1. The van der Waals surface area contributed by atoms with Crippen LogP contribution in [0, 0.1) is 0 Å². The van der Waals surface area contributed by atoms with Crippen molar-refractivity contribution in [1.82, 2.24) is 19.9 Å². The topological polar surface area (TPSA) is 71.8 Å². The summed E-state index contributed by atoms with van der Waals surface area (Å²) in [5.74, 6) is 0.724. The third kappa shape index (κ3) is 5.21. The van der Waals surface area contributed by atoms with E-state index in [1.54, 1.807) is 12.4 Å². The predicted octanol–water partition coefficient (Wildman–Crippen LogP) is 5.37. The summed E-state index contributed by atoms with van der Waals surface area (Å²) >= 11 is 12.1. The molecule has 0 aliphatic rings. The molecule has 0 aliphatic heterocycles. The quantitative estimate of drug-likeness (QED) is 0.341. The summed E-state index contributed by atoms with van der Waals surface area (Å²) in [6.07, 6.45) is 6.39. The number of halogens is 2. The zero-order chi connectivity index (χ0) is 22.5. The summed E-state index contributed by atoms with van der Waals surface area (Å²) in [4.78, 5) is 21.5. The maximum Gasteiger partial charge on any atom is 0.220 e. The van der Waals surface area contributed by atoms with E-state index in [4.69, 9.17) is 23.2 Å². The molecule has 0 bridgehead atoms. The Labute approximate surface area is 196 Å². The van der Waals surface area contributed by atoms with Crippen LogP contribution in [0.15, 0.2) is 67.1 Å². The van der Waals surface area contributed by atoms with Crippen LogP contribution in [0.25, 0.3) is 10.9 Å². The van der Waals surface area contributed by atoms with Crippen LogP contribution in [0.5, 0.6) is 0 Å². The number of aromatic nitrogens is 3. The lowest BCUT2D eigenvalue weighted by Crippen LogP contribution is -2.31. The Bertz CT molecular complexity index is 1220. The monoisotopic (exact) mass is 467 g/mol. The number of hydrogen-bond acceptors (Lipinski definition) is 4. The molecule has 32 heavy (non-hydrogen) atoms. The van der Waals surface area contributed by atoms with Gasteiger partial charge >= 0.3 is 0 Å². The minimum absolute atomic E-state index is 0.0406. The van der Waals surface area contributed by atoms with Crippen molar-refractivity contribution in [3.05, 3.63) is 88.6 Å². The van der Waals surface area contributed by atoms with Crippen molar-refractivity contribution in [2.45, 2.75) is 18.9 Å². The van der Waals surface area contributed by atoms with Gasteiger partial charge in [-0.15, -0.1) is 0 Å². The fourth-order valence-corrected chi connectivity index (χ4v) is 3.88. The van der Waals surface area contributed by atoms with Crippen LogP contribution in [0.4, 0.5) is 5.69 Å². The molecule has 6 nitrogen and oxygen atoms in total. The number of carbonyl (C=O) groups is 1. The van der Waals surface area contributed by atoms with Crippen LogP contribution in [-0.2, 0) is 11.8 Å². The number of fused-ring (bicyclic) bond motifs is 1. The van der Waals surface area contributed by atoms with E-state index in [9.17, 15) is 4.79 Å². The molecule has 4 aromatic rings. The number of pyridine rings is 1. The highest BCUT2D eigenvalue weighted by molar-refractivity contribution is 6.31. The van der Waals surface area contributed by atoms with Gasteiger partial charge in [-0.25, -0.2) is 4.98 Å². The minimum Gasteiger partial charge on any atom is -0.384 e. The number of anilines is 1. The van der Waals surface area contributed by atoms with Crippen LogP contribution in [0.2, 0.25) is 10.0 Å². The fourth-order valence-electron chi connectivity index (χ4n) is 3.59. The Morgan fingerprint density at radius 2 is 1.81 bits per heavy atom. The van der Waals surface area contributed by atoms with Crippen LogP contribution in [0.3, 0.4) is 0 Å². The van der Waals surface area contributed by atoms with Gasteiger partial charge in [-0.3, -0.25) is 9.78 Å². The fraction of sp³-hybridized carbons (Fsp3) is 0.208. The normalized spacial score (nSPS) is 12.0. The molecule has 0 saturated carbocycles. The first-order valence-corrected chi connectivity index (χ1v) is 11.1. The Morgan fingerprint density at radius 3 is 2.56 bits per heavy atom. The van der Waals surface area contributed by atoms with Gasteiger partial charge < -0.3 is 15.2 Å². The number of rotatable bonds is 8. The minimum atomic E-state index is -0.346. The molecule has 2 aromatic heterocycles. The van der Waals surface area contributed by atoms with E-state index >= 15 is 0 Å². The van der Waals surface area contributed by atoms with Gasteiger partial charge in [0, 0.05) is 59.7 Å². The number of nitrogens with zero attached hydrogens (tertiary/aromatic N) is 3. The van der Waals surface area contributed by atoms with Gasteiger partial charge in [0.15, 0.2) is 0 Å². The number of imidazole rings is 1.